The summed E-state index contributed by atoms with van der Waals surface area (Å²) in [5.41, 5.74) is 5.95. The summed E-state index contributed by atoms with van der Waals surface area (Å²) < 4.78 is 5.42. The van der Waals surface area contributed by atoms with Gasteiger partial charge in [-0.15, -0.1) is 0 Å². The third-order valence-corrected chi connectivity index (χ3v) is 8.44. The van der Waals surface area contributed by atoms with Gasteiger partial charge >= 0.3 is 5.97 Å². The minimum atomic E-state index is -1.09. The van der Waals surface area contributed by atoms with Crippen molar-refractivity contribution in [2.24, 2.45) is 17.8 Å². The summed E-state index contributed by atoms with van der Waals surface area (Å²) in [4.78, 5) is 55.3. The maximum Gasteiger partial charge on any atom is 0.329 e. The molecule has 1 N–H and O–H groups in total. The fraction of sp³-hybridized carbons (Fsp3) is 0.333. The van der Waals surface area contributed by atoms with Gasteiger partial charge in [-0.3, -0.25) is 19.3 Å². The molecule has 2 bridgehead atoms. The highest BCUT2D eigenvalue weighted by Gasteiger charge is 2.63. The number of amides is 3. The molecule has 4 aliphatic rings. The molecule has 0 spiro atoms. The van der Waals surface area contributed by atoms with Crippen molar-refractivity contribution in [3.05, 3.63) is 101 Å². The molecule has 7 nitrogen and oxygen atoms in total. The number of rotatable bonds is 7. The first-order valence-electron chi connectivity index (χ1n) is 13.8. The van der Waals surface area contributed by atoms with Gasteiger partial charge in [0.25, 0.3) is 5.91 Å². The zero-order valence-corrected chi connectivity index (χ0v) is 22.8. The number of hydrogen-bond acceptors (Lipinski definition) is 5. The van der Waals surface area contributed by atoms with Gasteiger partial charge in [0.2, 0.25) is 11.8 Å². The van der Waals surface area contributed by atoms with Crippen molar-refractivity contribution in [2.75, 3.05) is 11.9 Å². The van der Waals surface area contributed by atoms with Crippen LogP contribution in [0.25, 0.3) is 0 Å². The molecule has 0 unspecified atom stereocenters. The molecule has 1 saturated heterocycles. The van der Waals surface area contributed by atoms with E-state index in [9.17, 15) is 19.2 Å². The standard InChI is InChI=1S/C33H32N2O5/c1-18(2)16-25(33(39)40-17-26(36)34-20-14-12-19(3)13-15-20)35-31(37)29-27-21-8-4-5-9-22(21)28(30(29)32(35)38)24-11-7-6-10-23(24)27/h4-15,18,25,27-30H,16-17H2,1-3H3,(H,34,36)/t25-,27?,28?,29+,30+/m0/s1. The van der Waals surface area contributed by atoms with Crippen LogP contribution in [0.3, 0.4) is 0 Å². The van der Waals surface area contributed by atoms with Crippen LogP contribution in [0.15, 0.2) is 72.8 Å². The number of benzene rings is 3. The van der Waals surface area contributed by atoms with Gasteiger partial charge in [-0.1, -0.05) is 80.1 Å². The first-order valence-corrected chi connectivity index (χ1v) is 13.8. The Labute approximate surface area is 233 Å². The summed E-state index contributed by atoms with van der Waals surface area (Å²) in [6.07, 6.45) is 0.255. The minimum absolute atomic E-state index is 0.00767. The van der Waals surface area contributed by atoms with E-state index in [0.29, 0.717) is 5.69 Å². The van der Waals surface area contributed by atoms with Gasteiger partial charge in [0.1, 0.15) is 6.04 Å². The Balaban J connectivity index is 1.27. The molecular formula is C33H32N2O5. The fourth-order valence-electron chi connectivity index (χ4n) is 6.83. The molecule has 0 radical (unpaired) electrons. The number of likely N-dealkylation sites (tertiary alicyclic amines) is 1. The lowest BCUT2D eigenvalue weighted by molar-refractivity contribution is -0.160. The summed E-state index contributed by atoms with van der Waals surface area (Å²) in [6, 6.07) is 22.2. The van der Waals surface area contributed by atoms with Gasteiger partial charge in [0.15, 0.2) is 6.61 Å². The Morgan fingerprint density at radius 3 is 1.73 bits per heavy atom. The molecule has 40 heavy (non-hydrogen) atoms. The third kappa shape index (κ3) is 4.21. The number of anilines is 1. The summed E-state index contributed by atoms with van der Waals surface area (Å²) in [6.45, 7) is 5.30. The van der Waals surface area contributed by atoms with Gasteiger partial charge in [-0.05, 0) is 53.6 Å². The molecule has 0 aromatic heterocycles. The second-order valence-electron chi connectivity index (χ2n) is 11.5. The quantitative estimate of drug-likeness (QED) is 0.347. The third-order valence-electron chi connectivity index (χ3n) is 8.44. The van der Waals surface area contributed by atoms with Crippen molar-refractivity contribution in [3.8, 4) is 0 Å². The maximum atomic E-state index is 14.1. The molecule has 7 heteroatoms. The lowest BCUT2D eigenvalue weighted by Gasteiger charge is -2.45. The summed E-state index contributed by atoms with van der Waals surface area (Å²) in [7, 11) is 0. The van der Waals surface area contributed by atoms with E-state index < -0.39 is 36.4 Å². The molecule has 3 aromatic rings. The van der Waals surface area contributed by atoms with Gasteiger partial charge in [-0.2, -0.15) is 0 Å². The van der Waals surface area contributed by atoms with Crippen LogP contribution < -0.4 is 5.32 Å². The van der Waals surface area contributed by atoms with E-state index in [2.05, 4.69) is 5.32 Å². The van der Waals surface area contributed by atoms with E-state index in [1.54, 1.807) is 12.1 Å². The lowest BCUT2D eigenvalue weighted by atomic mass is 9.55. The number of hydrogen-bond donors (Lipinski definition) is 1. The van der Waals surface area contributed by atoms with Crippen molar-refractivity contribution in [2.45, 2.75) is 45.1 Å². The monoisotopic (exact) mass is 536 g/mol. The average molecular weight is 537 g/mol. The fourth-order valence-corrected chi connectivity index (χ4v) is 6.83. The second kappa shape index (κ2) is 10.0. The number of imide groups is 1. The van der Waals surface area contributed by atoms with Crippen LogP contribution in [0.4, 0.5) is 5.69 Å². The van der Waals surface area contributed by atoms with E-state index in [1.807, 2.05) is 81.4 Å². The number of nitrogens with zero attached hydrogens (tertiary/aromatic N) is 1. The Morgan fingerprint density at radius 1 is 0.800 bits per heavy atom. The topological polar surface area (TPSA) is 92.8 Å². The SMILES string of the molecule is Cc1ccc(NC(=O)COC(=O)[C@H](CC(C)C)N2C(=O)[C@@H]3C4c5ccccc5C(c5ccccc54)[C@H]3C2=O)cc1. The summed E-state index contributed by atoms with van der Waals surface area (Å²) in [5, 5.41) is 2.71. The molecule has 1 heterocycles. The smallest absolute Gasteiger partial charge is 0.329 e. The number of esters is 1. The number of carbonyl (C=O) groups excluding carboxylic acids is 4. The van der Waals surface area contributed by atoms with Crippen LogP contribution in [0.1, 0.15) is 59.9 Å². The number of nitrogens with one attached hydrogen (secondary N) is 1. The summed E-state index contributed by atoms with van der Waals surface area (Å²) in [5.74, 6) is -3.54. The average Bonchev–Trinajstić information content (AvgIpc) is 3.21. The molecular weight excluding hydrogens is 504 g/mol. The first kappa shape index (κ1) is 26.0. The van der Waals surface area contributed by atoms with Crippen LogP contribution in [-0.2, 0) is 23.9 Å². The summed E-state index contributed by atoms with van der Waals surface area (Å²) >= 11 is 0. The number of aryl methyl sites for hydroxylation is 1. The van der Waals surface area contributed by atoms with Crippen LogP contribution >= 0.6 is 0 Å². The highest BCUT2D eigenvalue weighted by molar-refractivity contribution is 6.10. The highest BCUT2D eigenvalue weighted by atomic mass is 16.5. The van der Waals surface area contributed by atoms with Crippen LogP contribution in [0, 0.1) is 24.7 Å². The molecule has 204 valence electrons. The molecule has 3 aromatic carbocycles. The van der Waals surface area contributed by atoms with E-state index in [0.717, 1.165) is 32.7 Å². The lowest BCUT2D eigenvalue weighted by Crippen LogP contribution is -2.47. The van der Waals surface area contributed by atoms with E-state index in [1.165, 1.54) is 0 Å². The Kier molecular flexibility index (Phi) is 6.53. The maximum absolute atomic E-state index is 14.1. The van der Waals surface area contributed by atoms with Crippen LogP contribution in [-0.4, -0.2) is 41.2 Å². The van der Waals surface area contributed by atoms with E-state index in [4.69, 9.17) is 4.74 Å². The van der Waals surface area contributed by atoms with Gasteiger partial charge < -0.3 is 10.1 Å². The normalized spacial score (nSPS) is 22.9. The molecule has 7 rings (SSSR count). The predicted octanol–water partition coefficient (Wildman–Crippen LogP) is 4.78. The van der Waals surface area contributed by atoms with Crippen LogP contribution in [0.5, 0.6) is 0 Å². The van der Waals surface area contributed by atoms with Gasteiger partial charge in [-0.25, -0.2) is 4.79 Å². The van der Waals surface area contributed by atoms with E-state index in [-0.39, 0.29) is 36.0 Å². The predicted molar refractivity (Wildman–Crippen MR) is 149 cm³/mol. The molecule has 1 fully saturated rings. The second-order valence-corrected chi connectivity index (χ2v) is 11.5. The van der Waals surface area contributed by atoms with Crippen molar-refractivity contribution >= 4 is 29.4 Å². The molecule has 3 amide bonds. The van der Waals surface area contributed by atoms with Crippen molar-refractivity contribution in [3.63, 3.8) is 0 Å². The Bertz CT molecular complexity index is 1400. The number of carbonyl (C=O) groups is 4. The van der Waals surface area contributed by atoms with Crippen molar-refractivity contribution < 1.29 is 23.9 Å². The molecule has 3 aliphatic carbocycles. The van der Waals surface area contributed by atoms with E-state index >= 15 is 0 Å². The molecule has 1 aliphatic heterocycles. The molecule has 0 saturated carbocycles. The zero-order valence-electron chi connectivity index (χ0n) is 22.8. The Hall–Kier alpha value is -4.26. The molecule has 3 atom stereocenters. The van der Waals surface area contributed by atoms with Crippen molar-refractivity contribution in [1.29, 1.82) is 0 Å². The number of ether oxygens (including phenoxy) is 1. The van der Waals surface area contributed by atoms with Crippen molar-refractivity contribution in [1.82, 2.24) is 4.90 Å². The highest BCUT2D eigenvalue weighted by Crippen LogP contribution is 2.61. The first-order chi connectivity index (χ1) is 19.3. The van der Waals surface area contributed by atoms with Gasteiger partial charge in [0.05, 0.1) is 11.8 Å². The largest absolute Gasteiger partial charge is 0.454 e. The van der Waals surface area contributed by atoms with Crippen LogP contribution in [0.2, 0.25) is 0 Å². The minimum Gasteiger partial charge on any atom is -0.454 e. The van der Waals surface area contributed by atoms with Gasteiger partial charge in [0, 0.05) is 17.5 Å². The Morgan fingerprint density at radius 2 is 1.27 bits per heavy atom. The zero-order chi connectivity index (χ0) is 28.1.